The molecule has 0 saturated carbocycles. The molecule has 1 spiro atoms. The second-order valence-corrected chi connectivity index (χ2v) is 13.3. The Hall–Kier alpha value is -5.06. The second kappa shape index (κ2) is 14.4. The minimum atomic E-state index is -1.51. The molecule has 0 bridgehead atoms. The molecular weight excluding hydrogens is 634 g/mol. The first kappa shape index (κ1) is 33.4. The van der Waals surface area contributed by atoms with Gasteiger partial charge in [0, 0.05) is 19.5 Å². The number of allylic oxidation sites excluding steroid dienone is 1. The summed E-state index contributed by atoms with van der Waals surface area (Å²) in [6.45, 7) is 0.238. The summed E-state index contributed by atoms with van der Waals surface area (Å²) in [4.78, 5) is 60.1. The maximum Gasteiger partial charge on any atom is 0.313 e. The smallest absolute Gasteiger partial charge is 0.313 e. The van der Waals surface area contributed by atoms with Gasteiger partial charge in [-0.15, -0.1) is 0 Å². The Morgan fingerprint density at radius 3 is 2.24 bits per heavy atom. The van der Waals surface area contributed by atoms with Gasteiger partial charge in [-0.05, 0) is 29.5 Å². The number of cyclic esters (lactones) is 1. The molecule has 50 heavy (non-hydrogen) atoms. The van der Waals surface area contributed by atoms with Crippen molar-refractivity contribution in [3.63, 3.8) is 0 Å². The Kier molecular flexibility index (Phi) is 9.65. The lowest BCUT2D eigenvalue weighted by Crippen LogP contribution is -2.58. The normalized spacial score (nSPS) is 29.4. The van der Waals surface area contributed by atoms with Crippen molar-refractivity contribution >= 4 is 23.7 Å². The maximum absolute atomic E-state index is 15.0. The molecule has 0 unspecified atom stereocenters. The van der Waals surface area contributed by atoms with Crippen molar-refractivity contribution in [2.75, 3.05) is 19.7 Å². The molecule has 3 aromatic rings. The minimum Gasteiger partial charge on any atom is -0.455 e. The van der Waals surface area contributed by atoms with Gasteiger partial charge in [-0.25, -0.2) is 0 Å². The first-order valence-corrected chi connectivity index (χ1v) is 17.2. The predicted octanol–water partition coefficient (Wildman–Crippen LogP) is 3.52. The number of likely N-dealkylation sites (tertiary alicyclic amines) is 1. The minimum absolute atomic E-state index is 0.0611. The molecular formula is C40H41N3O7. The number of carbonyl (C=O) groups excluding carboxylic acids is 4. The SMILES string of the molecule is O=C1CC/C=C\[C@H]2O[C@]34C=CCN(Cc5ccccc5)C(=O)[C@H]3N([C@@H](CO)Cc3ccccc3)C(=O)[C@@H]4[C@H]2C(=O)O[C@H](c2ccccc2)CN1. The van der Waals surface area contributed by atoms with Crippen molar-refractivity contribution in [1.29, 1.82) is 0 Å². The standard InChI is InChI=1S/C40H41N3O7/c44-26-30(23-27-13-4-1-5-14-27)43-36-38(47)42(25-28-15-6-2-7-16-28)22-12-21-40(36)35(37(43)46)34-31(50-40)19-10-11-20-33(45)41-24-32(49-39(34)48)29-17-8-3-9-18-29/h1-10,12-19,21,30-32,34-36,44H,11,20,22-26H2,(H,41,45)/b19-10-/t30-,31-,32+,34+,35+,36-,40+/m1/s1. The average Bonchev–Trinajstić information content (AvgIpc) is 3.54. The zero-order valence-corrected chi connectivity index (χ0v) is 27.7. The molecule has 10 nitrogen and oxygen atoms in total. The number of rotatable bonds is 7. The molecule has 3 aromatic carbocycles. The van der Waals surface area contributed by atoms with Crippen molar-refractivity contribution < 1.29 is 33.8 Å². The number of benzene rings is 3. The largest absolute Gasteiger partial charge is 0.455 e. The van der Waals surface area contributed by atoms with E-state index < -0.39 is 60.2 Å². The molecule has 4 heterocycles. The molecule has 10 heteroatoms. The van der Waals surface area contributed by atoms with Gasteiger partial charge in [0.05, 0.1) is 31.2 Å². The lowest BCUT2D eigenvalue weighted by atomic mass is 9.78. The van der Waals surface area contributed by atoms with Crippen LogP contribution in [-0.2, 0) is 41.6 Å². The summed E-state index contributed by atoms with van der Waals surface area (Å²) in [5.74, 6) is -3.81. The first-order valence-electron chi connectivity index (χ1n) is 17.2. The lowest BCUT2D eigenvalue weighted by Gasteiger charge is -2.38. The number of amides is 3. The van der Waals surface area contributed by atoms with E-state index >= 15 is 0 Å². The summed E-state index contributed by atoms with van der Waals surface area (Å²) in [7, 11) is 0. The molecule has 0 aromatic heterocycles. The number of nitrogens with one attached hydrogen (secondary N) is 1. The highest BCUT2D eigenvalue weighted by Crippen LogP contribution is 2.54. The molecule has 4 aliphatic rings. The topological polar surface area (TPSA) is 125 Å². The van der Waals surface area contributed by atoms with Crippen LogP contribution in [0.3, 0.4) is 0 Å². The highest BCUT2D eigenvalue weighted by molar-refractivity contribution is 5.99. The zero-order valence-electron chi connectivity index (χ0n) is 27.7. The molecule has 7 rings (SSSR count). The van der Waals surface area contributed by atoms with E-state index in [0.29, 0.717) is 24.9 Å². The van der Waals surface area contributed by atoms with E-state index in [1.807, 2.05) is 97.1 Å². The molecule has 258 valence electrons. The van der Waals surface area contributed by atoms with Gasteiger partial charge in [0.25, 0.3) is 0 Å². The zero-order chi connectivity index (χ0) is 34.7. The lowest BCUT2D eigenvalue weighted by molar-refractivity contribution is -0.160. The summed E-state index contributed by atoms with van der Waals surface area (Å²) in [5.41, 5.74) is 0.998. The fourth-order valence-electron chi connectivity index (χ4n) is 7.87. The van der Waals surface area contributed by atoms with E-state index in [2.05, 4.69) is 5.32 Å². The van der Waals surface area contributed by atoms with Crippen molar-refractivity contribution in [3.8, 4) is 0 Å². The van der Waals surface area contributed by atoms with Gasteiger partial charge in [-0.1, -0.05) is 115 Å². The van der Waals surface area contributed by atoms with E-state index in [4.69, 9.17) is 9.47 Å². The molecule has 0 radical (unpaired) electrons. The molecule has 3 amide bonds. The average molecular weight is 676 g/mol. The van der Waals surface area contributed by atoms with Crippen LogP contribution < -0.4 is 5.32 Å². The monoisotopic (exact) mass is 675 g/mol. The van der Waals surface area contributed by atoms with E-state index in [-0.39, 0.29) is 31.3 Å². The van der Waals surface area contributed by atoms with Crippen LogP contribution in [0.25, 0.3) is 0 Å². The molecule has 2 fully saturated rings. The van der Waals surface area contributed by atoms with Crippen LogP contribution >= 0.6 is 0 Å². The molecule has 4 aliphatic heterocycles. The van der Waals surface area contributed by atoms with Crippen LogP contribution in [0.15, 0.2) is 115 Å². The van der Waals surface area contributed by atoms with Crippen molar-refractivity contribution in [3.05, 3.63) is 132 Å². The number of fused-ring (bicyclic) bond motifs is 2. The van der Waals surface area contributed by atoms with E-state index in [1.165, 1.54) is 4.90 Å². The van der Waals surface area contributed by atoms with Gasteiger partial charge in [0.2, 0.25) is 17.7 Å². The summed E-state index contributed by atoms with van der Waals surface area (Å²) in [6.07, 6.45) is 6.33. The second-order valence-electron chi connectivity index (χ2n) is 13.3. The summed E-state index contributed by atoms with van der Waals surface area (Å²) in [5, 5.41) is 13.7. The molecule has 7 atom stereocenters. The molecule has 2 saturated heterocycles. The molecule has 2 N–H and O–H groups in total. The number of aliphatic hydroxyl groups excluding tert-OH is 1. The van der Waals surface area contributed by atoms with Gasteiger partial charge >= 0.3 is 5.97 Å². The van der Waals surface area contributed by atoms with Crippen LogP contribution in [0.1, 0.15) is 35.6 Å². The number of carbonyl (C=O) groups is 4. The fourth-order valence-corrected chi connectivity index (χ4v) is 7.87. The van der Waals surface area contributed by atoms with E-state index in [9.17, 15) is 24.3 Å². The van der Waals surface area contributed by atoms with Gasteiger partial charge in [-0.2, -0.15) is 0 Å². The highest BCUT2D eigenvalue weighted by atomic mass is 16.6. The maximum atomic E-state index is 15.0. The Balaban J connectivity index is 1.31. The Bertz CT molecular complexity index is 1770. The Morgan fingerprint density at radius 1 is 0.860 bits per heavy atom. The van der Waals surface area contributed by atoms with Crippen molar-refractivity contribution in [2.45, 2.75) is 55.7 Å². The van der Waals surface area contributed by atoms with Crippen LogP contribution in [0.2, 0.25) is 0 Å². The number of esters is 1. The number of nitrogens with zero attached hydrogens (tertiary/aromatic N) is 2. The Labute approximate surface area is 291 Å². The predicted molar refractivity (Wildman–Crippen MR) is 184 cm³/mol. The van der Waals surface area contributed by atoms with Gasteiger partial charge < -0.3 is 29.7 Å². The first-order chi connectivity index (χ1) is 24.4. The van der Waals surface area contributed by atoms with Gasteiger partial charge in [0.1, 0.15) is 23.7 Å². The van der Waals surface area contributed by atoms with Gasteiger partial charge in [0.15, 0.2) is 0 Å². The van der Waals surface area contributed by atoms with E-state index in [1.54, 1.807) is 23.1 Å². The quantitative estimate of drug-likeness (QED) is 0.290. The Morgan fingerprint density at radius 2 is 1.54 bits per heavy atom. The third-order valence-corrected chi connectivity index (χ3v) is 10.2. The third kappa shape index (κ3) is 6.36. The number of hydrogen-bond acceptors (Lipinski definition) is 7. The summed E-state index contributed by atoms with van der Waals surface area (Å²) >= 11 is 0. The van der Waals surface area contributed by atoms with Crippen molar-refractivity contribution in [1.82, 2.24) is 15.1 Å². The summed E-state index contributed by atoms with van der Waals surface area (Å²) in [6, 6.07) is 26.4. The fraction of sp³-hybridized carbons (Fsp3) is 0.350. The summed E-state index contributed by atoms with van der Waals surface area (Å²) < 4.78 is 13.0. The van der Waals surface area contributed by atoms with Crippen LogP contribution in [-0.4, -0.2) is 82.1 Å². The van der Waals surface area contributed by atoms with Crippen LogP contribution in [0, 0.1) is 11.8 Å². The van der Waals surface area contributed by atoms with Crippen molar-refractivity contribution in [2.24, 2.45) is 11.8 Å². The number of ether oxygens (including phenoxy) is 2. The van der Waals surface area contributed by atoms with E-state index in [0.717, 1.165) is 11.1 Å². The van der Waals surface area contributed by atoms with Gasteiger partial charge in [-0.3, -0.25) is 19.2 Å². The van der Waals surface area contributed by atoms with Crippen LogP contribution in [0.5, 0.6) is 0 Å². The van der Waals surface area contributed by atoms with Crippen LogP contribution in [0.4, 0.5) is 0 Å². The third-order valence-electron chi connectivity index (χ3n) is 10.2. The number of hydrogen-bond donors (Lipinski definition) is 2. The molecule has 0 aliphatic carbocycles. The highest BCUT2D eigenvalue weighted by Gasteiger charge is 2.72. The number of aliphatic hydroxyl groups is 1.